The molecule has 1 aromatic heterocycles. The molecule has 1 unspecified atom stereocenters. The molecule has 0 saturated carbocycles. The summed E-state index contributed by atoms with van der Waals surface area (Å²) in [6.07, 6.45) is 3.96. The fourth-order valence-electron chi connectivity index (χ4n) is 3.28. The van der Waals surface area contributed by atoms with Crippen LogP contribution in [0.5, 0.6) is 0 Å². The van der Waals surface area contributed by atoms with Gasteiger partial charge in [-0.1, -0.05) is 15.9 Å². The molecule has 0 amide bonds. The maximum atomic E-state index is 9.48. The second kappa shape index (κ2) is 7.92. The van der Waals surface area contributed by atoms with Gasteiger partial charge in [-0.2, -0.15) is 10.2 Å². The van der Waals surface area contributed by atoms with Crippen LogP contribution < -0.4 is 14.7 Å². The van der Waals surface area contributed by atoms with Gasteiger partial charge in [-0.05, 0) is 37.1 Å². The van der Waals surface area contributed by atoms with E-state index >= 15 is 0 Å². The molecular weight excluding hydrogens is 392 g/mol. The van der Waals surface area contributed by atoms with Crippen LogP contribution in [-0.4, -0.2) is 50.2 Å². The van der Waals surface area contributed by atoms with Gasteiger partial charge in [0.2, 0.25) is 5.95 Å². The Balaban J connectivity index is 1.80. The van der Waals surface area contributed by atoms with E-state index in [0.717, 1.165) is 47.9 Å². The number of likely N-dealkylation sites (N-methyl/N-ethyl adjacent to an activating group) is 1. The van der Waals surface area contributed by atoms with Crippen LogP contribution in [-0.2, 0) is 0 Å². The lowest BCUT2D eigenvalue weighted by Crippen LogP contribution is -2.47. The standard InChI is InChI=1S/C19H23BrN6/c1-24(2)18-8-9-22-19(23-18)25(3)16-5-4-10-26(13-16)17-7-6-15(20)11-14(17)12-21/h6-9,11,16H,4-5,10,13H2,1-3H3. The predicted octanol–water partition coefficient (Wildman–Crippen LogP) is 3.28. The van der Waals surface area contributed by atoms with Crippen molar-refractivity contribution < 1.29 is 0 Å². The zero-order chi connectivity index (χ0) is 18.7. The van der Waals surface area contributed by atoms with Crippen LogP contribution in [0.4, 0.5) is 17.5 Å². The van der Waals surface area contributed by atoms with Crippen molar-refractivity contribution in [1.29, 1.82) is 5.26 Å². The third-order valence-corrected chi connectivity index (χ3v) is 5.26. The van der Waals surface area contributed by atoms with Gasteiger partial charge < -0.3 is 14.7 Å². The molecule has 2 heterocycles. The lowest BCUT2D eigenvalue weighted by Gasteiger charge is -2.39. The Hall–Kier alpha value is -2.33. The SMILES string of the molecule is CN(C)c1ccnc(N(C)C2CCCN(c3ccc(Br)cc3C#N)C2)n1. The van der Waals surface area contributed by atoms with Crippen molar-refractivity contribution in [2.75, 3.05) is 48.9 Å². The number of rotatable bonds is 4. The van der Waals surface area contributed by atoms with Crippen molar-refractivity contribution >= 4 is 33.4 Å². The topological polar surface area (TPSA) is 59.3 Å². The third kappa shape index (κ3) is 3.91. The number of benzene rings is 1. The number of nitriles is 1. The molecule has 1 aliphatic rings. The smallest absolute Gasteiger partial charge is 0.227 e. The quantitative estimate of drug-likeness (QED) is 0.764. The van der Waals surface area contributed by atoms with E-state index in [2.05, 4.69) is 48.8 Å². The van der Waals surface area contributed by atoms with E-state index in [0.29, 0.717) is 11.6 Å². The van der Waals surface area contributed by atoms with Gasteiger partial charge in [-0.15, -0.1) is 0 Å². The Morgan fingerprint density at radius 2 is 2.08 bits per heavy atom. The molecule has 6 nitrogen and oxygen atoms in total. The van der Waals surface area contributed by atoms with Crippen molar-refractivity contribution in [3.8, 4) is 6.07 Å². The number of hydrogen-bond donors (Lipinski definition) is 0. The van der Waals surface area contributed by atoms with E-state index in [9.17, 15) is 5.26 Å². The molecule has 0 radical (unpaired) electrons. The van der Waals surface area contributed by atoms with Crippen LogP contribution in [0.15, 0.2) is 34.9 Å². The maximum absolute atomic E-state index is 9.48. The van der Waals surface area contributed by atoms with E-state index in [1.54, 1.807) is 6.20 Å². The van der Waals surface area contributed by atoms with Crippen LogP contribution in [0.25, 0.3) is 0 Å². The third-order valence-electron chi connectivity index (χ3n) is 4.77. The molecule has 0 bridgehead atoms. The van der Waals surface area contributed by atoms with Gasteiger partial charge in [0, 0.05) is 50.9 Å². The lowest BCUT2D eigenvalue weighted by molar-refractivity contribution is 0.483. The molecule has 136 valence electrons. The predicted molar refractivity (Wildman–Crippen MR) is 109 cm³/mol. The Kier molecular flexibility index (Phi) is 5.62. The van der Waals surface area contributed by atoms with Crippen LogP contribution in [0.2, 0.25) is 0 Å². The number of hydrogen-bond acceptors (Lipinski definition) is 6. The van der Waals surface area contributed by atoms with Crippen molar-refractivity contribution in [3.63, 3.8) is 0 Å². The molecule has 26 heavy (non-hydrogen) atoms. The molecular formula is C19H23BrN6. The Morgan fingerprint density at radius 1 is 1.27 bits per heavy atom. The molecule has 1 aliphatic heterocycles. The molecule has 0 aliphatic carbocycles. The molecule has 0 spiro atoms. The summed E-state index contributed by atoms with van der Waals surface area (Å²) in [6, 6.07) is 10.4. The first-order valence-corrected chi connectivity index (χ1v) is 9.46. The molecule has 1 atom stereocenters. The summed E-state index contributed by atoms with van der Waals surface area (Å²) in [6.45, 7) is 1.81. The average molecular weight is 415 g/mol. The minimum atomic E-state index is 0.302. The Morgan fingerprint density at radius 3 is 2.81 bits per heavy atom. The summed E-state index contributed by atoms with van der Waals surface area (Å²) in [5.74, 6) is 1.63. The Bertz CT molecular complexity index is 816. The van der Waals surface area contributed by atoms with Gasteiger partial charge in [0.05, 0.1) is 11.3 Å². The summed E-state index contributed by atoms with van der Waals surface area (Å²) in [5.41, 5.74) is 1.70. The van der Waals surface area contributed by atoms with Crippen LogP contribution >= 0.6 is 15.9 Å². The summed E-state index contributed by atoms with van der Waals surface area (Å²) in [4.78, 5) is 15.5. The van der Waals surface area contributed by atoms with Gasteiger partial charge >= 0.3 is 0 Å². The van der Waals surface area contributed by atoms with E-state index < -0.39 is 0 Å². The highest BCUT2D eigenvalue weighted by molar-refractivity contribution is 9.10. The first-order chi connectivity index (χ1) is 12.5. The summed E-state index contributed by atoms with van der Waals surface area (Å²) in [5, 5.41) is 9.48. The summed E-state index contributed by atoms with van der Waals surface area (Å²) >= 11 is 3.45. The number of nitrogens with zero attached hydrogens (tertiary/aromatic N) is 6. The lowest BCUT2D eigenvalue weighted by atomic mass is 10.0. The highest BCUT2D eigenvalue weighted by Crippen LogP contribution is 2.28. The molecule has 0 N–H and O–H groups in total. The average Bonchev–Trinajstić information content (AvgIpc) is 2.67. The van der Waals surface area contributed by atoms with E-state index in [4.69, 9.17) is 0 Å². The number of aromatic nitrogens is 2. The first kappa shape index (κ1) is 18.5. The van der Waals surface area contributed by atoms with Crippen molar-refractivity contribution in [2.24, 2.45) is 0 Å². The molecule has 7 heteroatoms. The number of halogens is 1. The van der Waals surface area contributed by atoms with Crippen molar-refractivity contribution in [2.45, 2.75) is 18.9 Å². The highest BCUT2D eigenvalue weighted by atomic mass is 79.9. The second-order valence-electron chi connectivity index (χ2n) is 6.74. The van der Waals surface area contributed by atoms with Gasteiger partial charge in [-0.25, -0.2) is 4.98 Å². The minimum Gasteiger partial charge on any atom is -0.368 e. The first-order valence-electron chi connectivity index (χ1n) is 8.67. The molecule has 1 fully saturated rings. The maximum Gasteiger partial charge on any atom is 0.227 e. The minimum absolute atomic E-state index is 0.302. The monoisotopic (exact) mass is 414 g/mol. The Labute approximate surface area is 163 Å². The number of piperidine rings is 1. The summed E-state index contributed by atoms with van der Waals surface area (Å²) in [7, 11) is 6.01. The molecule has 1 saturated heterocycles. The van der Waals surface area contributed by atoms with Gasteiger partial charge in [0.15, 0.2) is 0 Å². The second-order valence-corrected chi connectivity index (χ2v) is 7.65. The van der Waals surface area contributed by atoms with Gasteiger partial charge in [-0.3, -0.25) is 0 Å². The zero-order valence-corrected chi connectivity index (χ0v) is 16.9. The summed E-state index contributed by atoms with van der Waals surface area (Å²) < 4.78 is 0.928. The molecule has 2 aromatic rings. The zero-order valence-electron chi connectivity index (χ0n) is 15.4. The van der Waals surface area contributed by atoms with E-state index in [1.807, 2.05) is 43.3 Å². The van der Waals surface area contributed by atoms with Gasteiger partial charge in [0.25, 0.3) is 0 Å². The fourth-order valence-corrected chi connectivity index (χ4v) is 3.65. The van der Waals surface area contributed by atoms with Crippen LogP contribution in [0.3, 0.4) is 0 Å². The molecule has 1 aromatic carbocycles. The van der Waals surface area contributed by atoms with Crippen LogP contribution in [0, 0.1) is 11.3 Å². The van der Waals surface area contributed by atoms with Gasteiger partial charge in [0.1, 0.15) is 11.9 Å². The van der Waals surface area contributed by atoms with Crippen molar-refractivity contribution in [3.05, 3.63) is 40.5 Å². The van der Waals surface area contributed by atoms with E-state index in [-0.39, 0.29) is 0 Å². The number of anilines is 3. The van der Waals surface area contributed by atoms with E-state index in [1.165, 1.54) is 0 Å². The largest absolute Gasteiger partial charge is 0.368 e. The van der Waals surface area contributed by atoms with Crippen molar-refractivity contribution in [1.82, 2.24) is 9.97 Å². The normalized spacial score (nSPS) is 16.9. The fraction of sp³-hybridized carbons (Fsp3) is 0.421. The highest BCUT2D eigenvalue weighted by Gasteiger charge is 2.26. The van der Waals surface area contributed by atoms with Crippen LogP contribution in [0.1, 0.15) is 18.4 Å². The molecule has 3 rings (SSSR count).